The molecule has 1 aromatic carbocycles. The van der Waals surface area contributed by atoms with Crippen LogP contribution in [0, 0.1) is 10.1 Å². The third-order valence-corrected chi connectivity index (χ3v) is 3.54. The van der Waals surface area contributed by atoms with E-state index in [-0.39, 0.29) is 5.69 Å². The fourth-order valence-corrected chi connectivity index (χ4v) is 2.56. The Morgan fingerprint density at radius 2 is 2.09 bits per heavy atom. The van der Waals surface area contributed by atoms with Gasteiger partial charge in [-0.15, -0.1) is 0 Å². The molecule has 2 aromatic heterocycles. The highest BCUT2D eigenvalue weighted by Crippen LogP contribution is 2.28. The lowest BCUT2D eigenvalue weighted by Gasteiger charge is -2.11. The standard InChI is InChI=1S/C16H17N5O2/c1-19(2)10-14-16(11-4-3-5-13(8-11)21(22)23)18-15-7-6-12(17)9-20(14)15/h3-9H,10,17H2,1-2H3. The highest BCUT2D eigenvalue weighted by molar-refractivity contribution is 5.69. The molecule has 7 nitrogen and oxygen atoms in total. The number of pyridine rings is 1. The minimum absolute atomic E-state index is 0.0508. The number of nitrogen functional groups attached to an aromatic ring is 1. The van der Waals surface area contributed by atoms with Crippen molar-refractivity contribution in [2.75, 3.05) is 19.8 Å². The third kappa shape index (κ3) is 2.86. The number of aromatic nitrogens is 2. The Morgan fingerprint density at radius 3 is 2.78 bits per heavy atom. The van der Waals surface area contributed by atoms with Crippen molar-refractivity contribution < 1.29 is 4.92 Å². The van der Waals surface area contributed by atoms with Crippen LogP contribution >= 0.6 is 0 Å². The minimum atomic E-state index is -0.400. The van der Waals surface area contributed by atoms with Crippen LogP contribution in [0.25, 0.3) is 16.9 Å². The number of nitro groups is 1. The van der Waals surface area contributed by atoms with E-state index in [0.29, 0.717) is 12.2 Å². The maximum Gasteiger partial charge on any atom is 0.270 e. The van der Waals surface area contributed by atoms with Gasteiger partial charge in [0, 0.05) is 36.1 Å². The number of benzene rings is 1. The van der Waals surface area contributed by atoms with E-state index in [1.165, 1.54) is 6.07 Å². The quantitative estimate of drug-likeness (QED) is 0.591. The lowest BCUT2D eigenvalue weighted by molar-refractivity contribution is -0.384. The first-order valence-corrected chi connectivity index (χ1v) is 7.11. The Hall–Kier alpha value is -2.93. The molecule has 0 spiro atoms. The summed E-state index contributed by atoms with van der Waals surface area (Å²) in [6, 6.07) is 10.2. The van der Waals surface area contributed by atoms with Crippen LogP contribution in [-0.4, -0.2) is 33.3 Å². The van der Waals surface area contributed by atoms with Crippen LogP contribution in [0.4, 0.5) is 11.4 Å². The third-order valence-electron chi connectivity index (χ3n) is 3.54. The van der Waals surface area contributed by atoms with Gasteiger partial charge in [-0.25, -0.2) is 4.98 Å². The Bertz CT molecular complexity index is 885. The first-order valence-electron chi connectivity index (χ1n) is 7.11. The number of hydrogen-bond donors (Lipinski definition) is 1. The largest absolute Gasteiger partial charge is 0.398 e. The average Bonchev–Trinajstić information content (AvgIpc) is 2.85. The lowest BCUT2D eigenvalue weighted by Crippen LogP contribution is -2.13. The first kappa shape index (κ1) is 15.0. The van der Waals surface area contributed by atoms with E-state index >= 15 is 0 Å². The molecule has 7 heteroatoms. The second kappa shape index (κ2) is 5.69. The molecule has 118 valence electrons. The zero-order valence-electron chi connectivity index (χ0n) is 12.9. The highest BCUT2D eigenvalue weighted by Gasteiger charge is 2.17. The summed E-state index contributed by atoms with van der Waals surface area (Å²) in [7, 11) is 3.92. The predicted molar refractivity (Wildman–Crippen MR) is 89.1 cm³/mol. The van der Waals surface area contributed by atoms with Crippen molar-refractivity contribution in [2.24, 2.45) is 0 Å². The van der Waals surface area contributed by atoms with Gasteiger partial charge in [0.1, 0.15) is 5.65 Å². The Kier molecular flexibility index (Phi) is 3.71. The summed E-state index contributed by atoms with van der Waals surface area (Å²) in [6.07, 6.45) is 1.82. The SMILES string of the molecule is CN(C)Cc1c(-c2cccc([N+](=O)[O-])c2)nc2ccc(N)cn12. The molecule has 0 atom stereocenters. The summed E-state index contributed by atoms with van der Waals surface area (Å²) in [4.78, 5) is 17.3. The molecule has 23 heavy (non-hydrogen) atoms. The van der Waals surface area contributed by atoms with Gasteiger partial charge in [0.05, 0.1) is 16.3 Å². The predicted octanol–water partition coefficient (Wildman–Crippen LogP) is 2.55. The van der Waals surface area contributed by atoms with Crippen molar-refractivity contribution in [3.05, 3.63) is 58.4 Å². The molecule has 0 saturated carbocycles. The van der Waals surface area contributed by atoms with E-state index in [1.54, 1.807) is 18.2 Å². The summed E-state index contributed by atoms with van der Waals surface area (Å²) in [5.41, 5.74) is 9.73. The van der Waals surface area contributed by atoms with E-state index in [4.69, 9.17) is 5.73 Å². The molecule has 0 aliphatic carbocycles. The van der Waals surface area contributed by atoms with Gasteiger partial charge in [0.25, 0.3) is 5.69 Å². The molecule has 3 rings (SSSR count). The first-order chi connectivity index (χ1) is 11.0. The number of rotatable bonds is 4. The molecule has 0 saturated heterocycles. The van der Waals surface area contributed by atoms with Gasteiger partial charge >= 0.3 is 0 Å². The molecule has 0 radical (unpaired) electrons. The van der Waals surface area contributed by atoms with Crippen LogP contribution in [0.3, 0.4) is 0 Å². The van der Waals surface area contributed by atoms with Crippen LogP contribution in [0.2, 0.25) is 0 Å². The second-order valence-corrected chi connectivity index (χ2v) is 5.64. The van der Waals surface area contributed by atoms with Crippen LogP contribution < -0.4 is 5.73 Å². The maximum absolute atomic E-state index is 11.0. The van der Waals surface area contributed by atoms with Gasteiger partial charge in [0.2, 0.25) is 0 Å². The van der Waals surface area contributed by atoms with Crippen LogP contribution in [0.5, 0.6) is 0 Å². The molecule has 0 aliphatic heterocycles. The zero-order chi connectivity index (χ0) is 16.6. The number of anilines is 1. The summed E-state index contributed by atoms with van der Waals surface area (Å²) in [5, 5.41) is 11.0. The number of non-ortho nitro benzene ring substituents is 1. The van der Waals surface area contributed by atoms with Gasteiger partial charge in [-0.05, 0) is 26.2 Å². The number of nitrogens with zero attached hydrogens (tertiary/aromatic N) is 4. The van der Waals surface area contributed by atoms with Gasteiger partial charge in [0.15, 0.2) is 0 Å². The maximum atomic E-state index is 11.0. The van der Waals surface area contributed by atoms with Crippen LogP contribution in [0.15, 0.2) is 42.6 Å². The summed E-state index contributed by atoms with van der Waals surface area (Å²) in [6.45, 7) is 0.642. The minimum Gasteiger partial charge on any atom is -0.398 e. The molecule has 0 amide bonds. The van der Waals surface area contributed by atoms with Crippen molar-refractivity contribution >= 4 is 17.0 Å². The van der Waals surface area contributed by atoms with E-state index < -0.39 is 4.92 Å². The summed E-state index contributed by atoms with van der Waals surface area (Å²) in [5.74, 6) is 0. The van der Waals surface area contributed by atoms with Crippen molar-refractivity contribution in [2.45, 2.75) is 6.54 Å². The monoisotopic (exact) mass is 311 g/mol. The van der Waals surface area contributed by atoms with Gasteiger partial charge in [-0.1, -0.05) is 12.1 Å². The van der Waals surface area contributed by atoms with Crippen molar-refractivity contribution in [1.29, 1.82) is 0 Å². The normalized spacial score (nSPS) is 11.3. The summed E-state index contributed by atoms with van der Waals surface area (Å²) < 4.78 is 1.93. The molecule has 0 fully saturated rings. The fraction of sp³-hybridized carbons (Fsp3) is 0.188. The molecular formula is C16H17N5O2. The van der Waals surface area contributed by atoms with Gasteiger partial charge < -0.3 is 15.0 Å². The van der Waals surface area contributed by atoms with E-state index in [1.807, 2.05) is 41.7 Å². The molecule has 3 aromatic rings. The number of nitro benzene ring substituents is 1. The van der Waals surface area contributed by atoms with Gasteiger partial charge in [-0.3, -0.25) is 10.1 Å². The summed E-state index contributed by atoms with van der Waals surface area (Å²) >= 11 is 0. The number of hydrogen-bond acceptors (Lipinski definition) is 5. The van der Waals surface area contributed by atoms with E-state index in [9.17, 15) is 10.1 Å². The molecule has 0 aliphatic rings. The van der Waals surface area contributed by atoms with Gasteiger partial charge in [-0.2, -0.15) is 0 Å². The molecular weight excluding hydrogens is 294 g/mol. The fourth-order valence-electron chi connectivity index (χ4n) is 2.56. The second-order valence-electron chi connectivity index (χ2n) is 5.64. The molecule has 2 N–H and O–H groups in total. The smallest absolute Gasteiger partial charge is 0.270 e. The van der Waals surface area contributed by atoms with Crippen LogP contribution in [0.1, 0.15) is 5.69 Å². The average molecular weight is 311 g/mol. The van der Waals surface area contributed by atoms with Crippen molar-refractivity contribution in [3.63, 3.8) is 0 Å². The Labute approximate surface area is 133 Å². The van der Waals surface area contributed by atoms with Crippen LogP contribution in [-0.2, 0) is 6.54 Å². The zero-order valence-corrected chi connectivity index (χ0v) is 12.9. The number of imidazole rings is 1. The Balaban J connectivity index is 2.23. The Morgan fingerprint density at radius 1 is 1.30 bits per heavy atom. The molecule has 2 heterocycles. The lowest BCUT2D eigenvalue weighted by atomic mass is 10.1. The van der Waals surface area contributed by atoms with Crippen molar-refractivity contribution in [1.82, 2.24) is 14.3 Å². The number of fused-ring (bicyclic) bond motifs is 1. The highest BCUT2D eigenvalue weighted by atomic mass is 16.6. The van der Waals surface area contributed by atoms with E-state index in [2.05, 4.69) is 4.98 Å². The molecule has 0 bridgehead atoms. The van der Waals surface area contributed by atoms with E-state index in [0.717, 1.165) is 22.6 Å². The van der Waals surface area contributed by atoms with Crippen molar-refractivity contribution in [3.8, 4) is 11.3 Å². The number of nitrogens with two attached hydrogens (primary N) is 1. The molecule has 0 unspecified atom stereocenters. The topological polar surface area (TPSA) is 89.7 Å².